The second kappa shape index (κ2) is 7.43. The molecular weight excluding hydrogens is 370 g/mol. The standard InChI is InChI=1S/C22H25N3O2S/c1-4-15-10-11-18-16(12-15)13-19(28-18)21(26)23-20-14(2)24(3)25(22(20)27)17-8-6-5-7-9-17/h5-9,13,15H,4,10-12H2,1-3H3,(H,23,26). The van der Waals surface area contributed by atoms with Crippen LogP contribution in [-0.2, 0) is 19.9 Å². The molecule has 0 spiro atoms. The molecule has 1 unspecified atom stereocenters. The molecule has 0 bridgehead atoms. The maximum Gasteiger partial charge on any atom is 0.295 e. The molecule has 1 aliphatic rings. The number of carbonyl (C=O) groups excluding carboxylic acids is 1. The number of nitrogens with one attached hydrogen (secondary N) is 1. The molecule has 0 saturated heterocycles. The average molecular weight is 396 g/mol. The van der Waals surface area contributed by atoms with E-state index >= 15 is 0 Å². The van der Waals surface area contributed by atoms with E-state index in [2.05, 4.69) is 12.2 Å². The fourth-order valence-electron chi connectivity index (χ4n) is 3.95. The highest BCUT2D eigenvalue weighted by molar-refractivity contribution is 7.14. The van der Waals surface area contributed by atoms with Gasteiger partial charge >= 0.3 is 0 Å². The third-order valence-electron chi connectivity index (χ3n) is 5.78. The lowest BCUT2D eigenvalue weighted by Crippen LogP contribution is -2.22. The summed E-state index contributed by atoms with van der Waals surface area (Å²) in [6, 6.07) is 11.5. The van der Waals surface area contributed by atoms with Crippen molar-refractivity contribution in [2.75, 3.05) is 5.32 Å². The predicted octanol–water partition coefficient (Wildman–Crippen LogP) is 4.31. The van der Waals surface area contributed by atoms with E-state index in [1.54, 1.807) is 20.7 Å². The van der Waals surface area contributed by atoms with E-state index in [0.29, 0.717) is 16.5 Å². The van der Waals surface area contributed by atoms with Gasteiger partial charge in [-0.2, -0.15) is 0 Å². The summed E-state index contributed by atoms with van der Waals surface area (Å²) in [6.07, 6.45) is 4.49. The molecule has 4 rings (SSSR count). The molecule has 1 amide bonds. The molecule has 0 aliphatic heterocycles. The van der Waals surface area contributed by atoms with Gasteiger partial charge in [0.25, 0.3) is 11.5 Å². The normalized spacial score (nSPS) is 16.0. The maximum atomic E-state index is 13.0. The molecule has 5 nitrogen and oxygen atoms in total. The topological polar surface area (TPSA) is 56.0 Å². The van der Waals surface area contributed by atoms with E-state index in [1.807, 2.05) is 50.4 Å². The number of para-hydroxylation sites is 1. The fourth-order valence-corrected chi connectivity index (χ4v) is 5.05. The molecule has 1 aromatic carbocycles. The fraction of sp³-hybridized carbons (Fsp3) is 0.364. The number of thiophene rings is 1. The van der Waals surface area contributed by atoms with Gasteiger partial charge in [0.2, 0.25) is 0 Å². The minimum Gasteiger partial charge on any atom is -0.315 e. The second-order valence-corrected chi connectivity index (χ2v) is 8.60. The highest BCUT2D eigenvalue weighted by Gasteiger charge is 2.24. The Kier molecular flexibility index (Phi) is 4.98. The number of amides is 1. The van der Waals surface area contributed by atoms with Crippen LogP contribution in [0.3, 0.4) is 0 Å². The van der Waals surface area contributed by atoms with Crippen LogP contribution in [0.4, 0.5) is 5.69 Å². The molecule has 1 atom stereocenters. The predicted molar refractivity (Wildman–Crippen MR) is 114 cm³/mol. The van der Waals surface area contributed by atoms with E-state index in [0.717, 1.165) is 24.2 Å². The first-order valence-electron chi connectivity index (χ1n) is 9.76. The zero-order valence-corrected chi connectivity index (χ0v) is 17.3. The lowest BCUT2D eigenvalue weighted by atomic mass is 9.87. The first-order valence-corrected chi connectivity index (χ1v) is 10.6. The Morgan fingerprint density at radius 3 is 2.75 bits per heavy atom. The molecule has 0 radical (unpaired) electrons. The number of anilines is 1. The molecule has 1 N–H and O–H groups in total. The van der Waals surface area contributed by atoms with E-state index in [4.69, 9.17) is 0 Å². The number of benzene rings is 1. The van der Waals surface area contributed by atoms with Crippen LogP contribution < -0.4 is 10.9 Å². The van der Waals surface area contributed by atoms with Gasteiger partial charge in [-0.1, -0.05) is 31.5 Å². The van der Waals surface area contributed by atoms with Crippen LogP contribution in [-0.4, -0.2) is 15.3 Å². The molecule has 3 aromatic rings. The summed E-state index contributed by atoms with van der Waals surface area (Å²) in [5.41, 5.74) is 2.94. The third kappa shape index (κ3) is 3.22. The summed E-state index contributed by atoms with van der Waals surface area (Å²) >= 11 is 1.57. The van der Waals surface area contributed by atoms with Crippen molar-refractivity contribution in [3.05, 3.63) is 67.8 Å². The second-order valence-electron chi connectivity index (χ2n) is 7.47. The molecule has 0 fully saturated rings. The molecule has 6 heteroatoms. The van der Waals surface area contributed by atoms with Crippen molar-refractivity contribution >= 4 is 22.9 Å². The number of nitrogens with zero attached hydrogens (tertiary/aromatic N) is 2. The highest BCUT2D eigenvalue weighted by atomic mass is 32.1. The summed E-state index contributed by atoms with van der Waals surface area (Å²) in [6.45, 7) is 4.08. The van der Waals surface area contributed by atoms with E-state index < -0.39 is 0 Å². The van der Waals surface area contributed by atoms with Crippen LogP contribution in [0.25, 0.3) is 5.69 Å². The van der Waals surface area contributed by atoms with Crippen molar-refractivity contribution in [1.29, 1.82) is 0 Å². The molecular formula is C22H25N3O2S. The highest BCUT2D eigenvalue weighted by Crippen LogP contribution is 2.33. The van der Waals surface area contributed by atoms with Crippen LogP contribution in [0.15, 0.2) is 41.2 Å². The van der Waals surface area contributed by atoms with Gasteiger partial charge in [0, 0.05) is 11.9 Å². The molecule has 0 saturated carbocycles. The van der Waals surface area contributed by atoms with Gasteiger partial charge in [-0.25, -0.2) is 4.68 Å². The monoisotopic (exact) mass is 395 g/mol. The van der Waals surface area contributed by atoms with Gasteiger partial charge in [0.15, 0.2) is 0 Å². The van der Waals surface area contributed by atoms with Crippen molar-refractivity contribution in [2.45, 2.75) is 39.5 Å². The number of hydrogen-bond acceptors (Lipinski definition) is 3. The Hall–Kier alpha value is -2.60. The lowest BCUT2D eigenvalue weighted by molar-refractivity contribution is 0.103. The molecule has 1 aliphatic carbocycles. The van der Waals surface area contributed by atoms with E-state index in [-0.39, 0.29) is 11.5 Å². The van der Waals surface area contributed by atoms with Crippen molar-refractivity contribution in [2.24, 2.45) is 13.0 Å². The summed E-state index contributed by atoms with van der Waals surface area (Å²) in [5, 5.41) is 2.88. The summed E-state index contributed by atoms with van der Waals surface area (Å²) in [5.74, 6) is 0.519. The van der Waals surface area contributed by atoms with Gasteiger partial charge in [-0.05, 0) is 55.9 Å². The minimum atomic E-state index is -0.216. The van der Waals surface area contributed by atoms with E-state index in [9.17, 15) is 9.59 Å². The van der Waals surface area contributed by atoms with Gasteiger partial charge < -0.3 is 5.32 Å². The smallest absolute Gasteiger partial charge is 0.295 e. The number of aromatic nitrogens is 2. The largest absolute Gasteiger partial charge is 0.315 e. The van der Waals surface area contributed by atoms with Gasteiger partial charge in [-0.3, -0.25) is 14.3 Å². The lowest BCUT2D eigenvalue weighted by Gasteiger charge is -2.19. The SMILES string of the molecule is CCC1CCc2sc(C(=O)Nc3c(C)n(C)n(-c4ccccc4)c3=O)cc2C1. The van der Waals surface area contributed by atoms with Gasteiger partial charge in [-0.15, -0.1) is 11.3 Å². The zero-order valence-electron chi connectivity index (χ0n) is 16.5. The van der Waals surface area contributed by atoms with Crippen molar-refractivity contribution in [3.63, 3.8) is 0 Å². The molecule has 2 aromatic heterocycles. The van der Waals surface area contributed by atoms with Crippen LogP contribution in [0.2, 0.25) is 0 Å². The summed E-state index contributed by atoms with van der Waals surface area (Å²) in [7, 11) is 1.83. The summed E-state index contributed by atoms with van der Waals surface area (Å²) < 4.78 is 3.36. The molecule has 146 valence electrons. The Morgan fingerprint density at radius 1 is 1.29 bits per heavy atom. The number of fused-ring (bicyclic) bond motifs is 1. The number of rotatable bonds is 4. The average Bonchev–Trinajstić information content (AvgIpc) is 3.23. The first-order chi connectivity index (χ1) is 13.5. The van der Waals surface area contributed by atoms with E-state index in [1.165, 1.54) is 23.3 Å². The van der Waals surface area contributed by atoms with Crippen LogP contribution in [0.5, 0.6) is 0 Å². The van der Waals surface area contributed by atoms with Crippen molar-refractivity contribution in [1.82, 2.24) is 9.36 Å². The van der Waals surface area contributed by atoms with Gasteiger partial charge in [0.1, 0.15) is 5.69 Å². The molecule has 28 heavy (non-hydrogen) atoms. The van der Waals surface area contributed by atoms with Crippen molar-refractivity contribution < 1.29 is 4.79 Å². The van der Waals surface area contributed by atoms with Crippen LogP contribution in [0, 0.1) is 12.8 Å². The van der Waals surface area contributed by atoms with Crippen LogP contribution >= 0.6 is 11.3 Å². The maximum absolute atomic E-state index is 13.0. The summed E-state index contributed by atoms with van der Waals surface area (Å²) in [4.78, 5) is 27.9. The van der Waals surface area contributed by atoms with Crippen LogP contribution in [0.1, 0.15) is 45.6 Å². The Morgan fingerprint density at radius 2 is 2.04 bits per heavy atom. The van der Waals surface area contributed by atoms with Crippen molar-refractivity contribution in [3.8, 4) is 5.69 Å². The first kappa shape index (κ1) is 18.7. The molecule has 2 heterocycles. The number of carbonyl (C=O) groups is 1. The third-order valence-corrected chi connectivity index (χ3v) is 7.01. The Labute approximate surface area is 168 Å². The quantitative estimate of drug-likeness (QED) is 0.715. The minimum absolute atomic E-state index is 0.196. The Bertz CT molecular complexity index is 1080. The Balaban J connectivity index is 1.63. The zero-order chi connectivity index (χ0) is 19.8. The number of aryl methyl sites for hydroxylation is 1. The number of hydrogen-bond donors (Lipinski definition) is 1. The van der Waals surface area contributed by atoms with Gasteiger partial charge in [0.05, 0.1) is 16.3 Å².